The lowest BCUT2D eigenvalue weighted by molar-refractivity contribution is 0.107. The summed E-state index contributed by atoms with van der Waals surface area (Å²) >= 11 is 5.04. The first kappa shape index (κ1) is 11.0. The molecule has 0 saturated carbocycles. The van der Waals surface area contributed by atoms with Crippen LogP contribution in [0.2, 0.25) is 0 Å². The number of aryl methyl sites for hydroxylation is 1. The van der Waals surface area contributed by atoms with E-state index >= 15 is 0 Å². The first-order valence-electron chi connectivity index (χ1n) is 3.58. The van der Waals surface area contributed by atoms with Gasteiger partial charge in [-0.15, -0.1) is 0 Å². The molecule has 0 unspecified atom stereocenters. The maximum absolute atomic E-state index is 13.2. The number of pyridine rings is 1. The Bertz CT molecular complexity index is 381. The van der Waals surface area contributed by atoms with Gasteiger partial charge in [0.2, 0.25) is 0 Å². The first-order valence-corrected chi connectivity index (χ1v) is 3.96. The van der Waals surface area contributed by atoms with Crippen LogP contribution in [0, 0.1) is 12.7 Å². The Labute approximate surface area is 82.7 Å². The molecule has 1 heterocycles. The molecule has 0 spiro atoms. The molecule has 2 nitrogen and oxygen atoms in total. The number of alkyl halides is 2. The molecule has 0 radical (unpaired) electrons. The third-order valence-corrected chi connectivity index (χ3v) is 1.83. The molecule has 0 bridgehead atoms. The van der Waals surface area contributed by atoms with Gasteiger partial charge in [-0.05, 0) is 24.1 Å². The van der Waals surface area contributed by atoms with Crippen LogP contribution in [-0.2, 0) is 0 Å². The van der Waals surface area contributed by atoms with Crippen LogP contribution < -0.4 is 0 Å². The van der Waals surface area contributed by atoms with E-state index in [0.717, 1.165) is 6.20 Å². The van der Waals surface area contributed by atoms with Gasteiger partial charge in [-0.1, -0.05) is 0 Å². The molecule has 0 aliphatic rings. The van der Waals surface area contributed by atoms with Crippen LogP contribution in [0.15, 0.2) is 6.20 Å². The Kier molecular flexibility index (Phi) is 3.10. The fraction of sp³-hybridized carbons (Fsp3) is 0.250. The van der Waals surface area contributed by atoms with Gasteiger partial charge in [-0.3, -0.25) is 9.78 Å². The van der Waals surface area contributed by atoms with Crippen LogP contribution in [0.25, 0.3) is 0 Å². The van der Waals surface area contributed by atoms with E-state index in [1.807, 2.05) is 0 Å². The van der Waals surface area contributed by atoms with Crippen LogP contribution in [0.5, 0.6) is 0 Å². The zero-order valence-electron chi connectivity index (χ0n) is 7.02. The van der Waals surface area contributed by atoms with Crippen molar-refractivity contribution in [2.45, 2.75) is 13.3 Å². The molecule has 1 aromatic heterocycles. The van der Waals surface area contributed by atoms with E-state index in [1.54, 1.807) is 0 Å². The molecule has 0 aliphatic carbocycles. The van der Waals surface area contributed by atoms with Gasteiger partial charge in [0.1, 0.15) is 5.69 Å². The molecular weight excluding hydrogens is 219 g/mol. The Morgan fingerprint density at radius 1 is 1.57 bits per heavy atom. The van der Waals surface area contributed by atoms with E-state index in [4.69, 9.17) is 11.6 Å². The van der Waals surface area contributed by atoms with E-state index in [-0.39, 0.29) is 5.56 Å². The third kappa shape index (κ3) is 1.87. The minimum atomic E-state index is -3.06. The molecule has 76 valence electrons. The second-order valence-corrected chi connectivity index (χ2v) is 2.93. The lowest BCUT2D eigenvalue weighted by atomic mass is 10.1. The molecule has 0 atom stereocenters. The van der Waals surface area contributed by atoms with Crippen molar-refractivity contribution in [1.29, 1.82) is 0 Å². The number of hydrogen-bond donors (Lipinski definition) is 0. The lowest BCUT2D eigenvalue weighted by Gasteiger charge is -2.06. The van der Waals surface area contributed by atoms with Gasteiger partial charge < -0.3 is 0 Å². The summed E-state index contributed by atoms with van der Waals surface area (Å²) in [6.45, 7) is 1.36. The van der Waals surface area contributed by atoms with Gasteiger partial charge in [-0.2, -0.15) is 0 Å². The average molecular weight is 224 g/mol. The topological polar surface area (TPSA) is 30.0 Å². The average Bonchev–Trinajstić information content (AvgIpc) is 2.02. The van der Waals surface area contributed by atoms with Crippen molar-refractivity contribution in [3.05, 3.63) is 28.8 Å². The largest absolute Gasteiger partial charge is 0.283 e. The van der Waals surface area contributed by atoms with Gasteiger partial charge in [0.15, 0.2) is 5.82 Å². The number of hydrogen-bond acceptors (Lipinski definition) is 2. The van der Waals surface area contributed by atoms with Gasteiger partial charge in [-0.25, -0.2) is 13.2 Å². The van der Waals surface area contributed by atoms with Gasteiger partial charge >= 0.3 is 0 Å². The second kappa shape index (κ2) is 3.96. The fourth-order valence-corrected chi connectivity index (χ4v) is 1.21. The molecule has 0 amide bonds. The van der Waals surface area contributed by atoms with E-state index in [1.165, 1.54) is 6.92 Å². The molecule has 14 heavy (non-hydrogen) atoms. The van der Waals surface area contributed by atoms with Crippen molar-refractivity contribution in [2.75, 3.05) is 0 Å². The van der Waals surface area contributed by atoms with E-state index in [9.17, 15) is 18.0 Å². The number of aromatic nitrogens is 1. The molecule has 0 aliphatic heterocycles. The summed E-state index contributed by atoms with van der Waals surface area (Å²) in [7, 11) is 0. The van der Waals surface area contributed by atoms with Crippen LogP contribution in [-0.4, -0.2) is 10.2 Å². The van der Waals surface area contributed by atoms with Crippen molar-refractivity contribution in [3.63, 3.8) is 0 Å². The second-order valence-electron chi connectivity index (χ2n) is 2.59. The van der Waals surface area contributed by atoms with Crippen molar-refractivity contribution in [2.24, 2.45) is 0 Å². The number of carbonyl (C=O) groups is 1. The predicted octanol–water partition coefficient (Wildman–Crippen LogP) is 2.85. The third-order valence-electron chi connectivity index (χ3n) is 1.64. The standard InChI is InChI=1S/C8H5ClF3NO/c1-3-2-13-6(8(11)12)5(10)4(3)7(9)14/h2,8H,1H3. The quantitative estimate of drug-likeness (QED) is 0.722. The summed E-state index contributed by atoms with van der Waals surface area (Å²) in [5.74, 6) is -1.35. The molecule has 0 N–H and O–H groups in total. The Morgan fingerprint density at radius 3 is 2.57 bits per heavy atom. The number of nitrogens with zero attached hydrogens (tertiary/aromatic N) is 1. The summed E-state index contributed by atoms with van der Waals surface area (Å²) in [6.07, 6.45) is -2.08. The normalized spacial score (nSPS) is 10.7. The highest BCUT2D eigenvalue weighted by Crippen LogP contribution is 2.24. The maximum Gasteiger partial charge on any atom is 0.283 e. The monoisotopic (exact) mass is 223 g/mol. The van der Waals surface area contributed by atoms with E-state index in [2.05, 4.69) is 4.98 Å². The van der Waals surface area contributed by atoms with Crippen molar-refractivity contribution in [3.8, 4) is 0 Å². The predicted molar refractivity (Wildman–Crippen MR) is 44.1 cm³/mol. The summed E-state index contributed by atoms with van der Waals surface area (Å²) in [4.78, 5) is 13.9. The summed E-state index contributed by atoms with van der Waals surface area (Å²) in [5.41, 5.74) is -1.47. The first-order chi connectivity index (χ1) is 6.45. The summed E-state index contributed by atoms with van der Waals surface area (Å²) < 4.78 is 37.5. The molecule has 0 saturated heterocycles. The molecule has 0 aromatic carbocycles. The van der Waals surface area contributed by atoms with Crippen molar-refractivity contribution < 1.29 is 18.0 Å². The van der Waals surface area contributed by atoms with Crippen LogP contribution in [0.1, 0.15) is 28.0 Å². The van der Waals surface area contributed by atoms with Gasteiger partial charge in [0.25, 0.3) is 11.7 Å². The lowest BCUT2D eigenvalue weighted by Crippen LogP contribution is -2.05. The minimum Gasteiger partial charge on any atom is -0.275 e. The zero-order chi connectivity index (χ0) is 10.9. The SMILES string of the molecule is Cc1cnc(C(F)F)c(F)c1C(=O)Cl. The smallest absolute Gasteiger partial charge is 0.275 e. The molecule has 1 rings (SSSR count). The van der Waals surface area contributed by atoms with Crippen LogP contribution in [0.4, 0.5) is 13.2 Å². The fourth-order valence-electron chi connectivity index (χ4n) is 0.982. The van der Waals surface area contributed by atoms with Crippen molar-refractivity contribution >= 4 is 16.8 Å². The highest BCUT2D eigenvalue weighted by Gasteiger charge is 2.22. The van der Waals surface area contributed by atoms with E-state index < -0.39 is 28.7 Å². The Hall–Kier alpha value is -1.10. The minimum absolute atomic E-state index is 0.131. The zero-order valence-corrected chi connectivity index (χ0v) is 7.78. The van der Waals surface area contributed by atoms with Crippen LogP contribution >= 0.6 is 11.6 Å². The molecule has 1 aromatic rings. The van der Waals surface area contributed by atoms with Crippen LogP contribution in [0.3, 0.4) is 0 Å². The van der Waals surface area contributed by atoms with Crippen molar-refractivity contribution in [1.82, 2.24) is 4.98 Å². The summed E-state index contributed by atoms with van der Waals surface area (Å²) in [5, 5.41) is -1.11. The van der Waals surface area contributed by atoms with E-state index in [0.29, 0.717) is 0 Å². The molecule has 0 fully saturated rings. The highest BCUT2D eigenvalue weighted by molar-refractivity contribution is 6.67. The number of rotatable bonds is 2. The Morgan fingerprint density at radius 2 is 2.14 bits per heavy atom. The molecule has 6 heteroatoms. The number of carbonyl (C=O) groups excluding carboxylic acids is 1. The van der Waals surface area contributed by atoms with Gasteiger partial charge in [0.05, 0.1) is 5.56 Å². The maximum atomic E-state index is 13.2. The molecular formula is C8H5ClF3NO. The highest BCUT2D eigenvalue weighted by atomic mass is 35.5. The Balaban J connectivity index is 3.41. The van der Waals surface area contributed by atoms with Gasteiger partial charge in [0, 0.05) is 6.20 Å². The number of halogens is 4. The summed E-state index contributed by atoms with van der Waals surface area (Å²) in [6, 6.07) is 0.